The maximum Gasteiger partial charge on any atom is 0.0547 e. The molecule has 3 nitrogen and oxygen atoms in total. The number of hydrogen-bond donors (Lipinski definition) is 1. The third kappa shape index (κ3) is 5.46. The number of halogens is 1. The fraction of sp³-hybridized carbons (Fsp3) is 0.353. The van der Waals surface area contributed by atoms with Gasteiger partial charge in [-0.05, 0) is 43.4 Å². The number of pyridine rings is 1. The quantitative estimate of drug-likeness (QED) is 0.849. The molecular formula is C17H22ClN3. The van der Waals surface area contributed by atoms with Gasteiger partial charge < -0.3 is 5.32 Å². The summed E-state index contributed by atoms with van der Waals surface area (Å²) in [4.78, 5) is 6.92. The molecule has 0 saturated heterocycles. The molecule has 1 aromatic carbocycles. The van der Waals surface area contributed by atoms with E-state index in [-0.39, 0.29) is 0 Å². The Labute approximate surface area is 132 Å². The van der Waals surface area contributed by atoms with E-state index in [1.165, 1.54) is 5.56 Å². The minimum atomic E-state index is 0.784. The van der Waals surface area contributed by atoms with Crippen molar-refractivity contribution >= 4 is 11.6 Å². The van der Waals surface area contributed by atoms with Crippen molar-refractivity contribution in [3.8, 4) is 0 Å². The van der Waals surface area contributed by atoms with Crippen molar-refractivity contribution in [1.82, 2.24) is 15.2 Å². The molecule has 0 spiro atoms. The Morgan fingerprint density at radius 1 is 1.10 bits per heavy atom. The van der Waals surface area contributed by atoms with E-state index in [0.29, 0.717) is 0 Å². The third-order valence-corrected chi connectivity index (χ3v) is 3.43. The summed E-state index contributed by atoms with van der Waals surface area (Å²) in [7, 11) is 2.10. The van der Waals surface area contributed by atoms with Crippen LogP contribution in [0.5, 0.6) is 0 Å². The van der Waals surface area contributed by atoms with Gasteiger partial charge in [-0.15, -0.1) is 0 Å². The van der Waals surface area contributed by atoms with E-state index < -0.39 is 0 Å². The first-order valence-corrected chi connectivity index (χ1v) is 7.63. The van der Waals surface area contributed by atoms with Gasteiger partial charge in [0.05, 0.1) is 11.4 Å². The SMILES string of the molecule is CCNCc1cccc(CN(C)Cc2cccc(Cl)c2)n1. The van der Waals surface area contributed by atoms with E-state index >= 15 is 0 Å². The van der Waals surface area contributed by atoms with Gasteiger partial charge in [0.1, 0.15) is 0 Å². The molecule has 0 unspecified atom stereocenters. The minimum absolute atomic E-state index is 0.784. The molecule has 1 N–H and O–H groups in total. The fourth-order valence-corrected chi connectivity index (χ4v) is 2.46. The Kier molecular flexibility index (Phi) is 6.18. The number of nitrogens with zero attached hydrogens (tertiary/aromatic N) is 2. The lowest BCUT2D eigenvalue weighted by Crippen LogP contribution is -2.19. The van der Waals surface area contributed by atoms with E-state index in [1.807, 2.05) is 18.2 Å². The Morgan fingerprint density at radius 2 is 1.86 bits per heavy atom. The second kappa shape index (κ2) is 8.13. The summed E-state index contributed by atoms with van der Waals surface area (Å²) in [5.74, 6) is 0. The van der Waals surface area contributed by atoms with Crippen LogP contribution < -0.4 is 5.32 Å². The normalized spacial score (nSPS) is 11.0. The number of hydrogen-bond acceptors (Lipinski definition) is 3. The topological polar surface area (TPSA) is 28.2 Å². The van der Waals surface area contributed by atoms with Gasteiger partial charge in [0.15, 0.2) is 0 Å². The van der Waals surface area contributed by atoms with Crippen LogP contribution in [-0.4, -0.2) is 23.5 Å². The molecule has 2 aromatic rings. The summed E-state index contributed by atoms with van der Waals surface area (Å²) in [6.45, 7) is 5.57. The zero-order chi connectivity index (χ0) is 15.1. The van der Waals surface area contributed by atoms with E-state index in [1.54, 1.807) is 0 Å². The zero-order valence-electron chi connectivity index (χ0n) is 12.6. The maximum absolute atomic E-state index is 6.02. The Balaban J connectivity index is 1.94. The predicted octanol–water partition coefficient (Wildman–Crippen LogP) is 3.48. The van der Waals surface area contributed by atoms with Crippen molar-refractivity contribution in [1.29, 1.82) is 0 Å². The van der Waals surface area contributed by atoms with Gasteiger partial charge in [0.2, 0.25) is 0 Å². The van der Waals surface area contributed by atoms with Crippen molar-refractivity contribution in [2.24, 2.45) is 0 Å². The van der Waals surface area contributed by atoms with Gasteiger partial charge in [-0.1, -0.05) is 36.7 Å². The van der Waals surface area contributed by atoms with Gasteiger partial charge in [-0.2, -0.15) is 0 Å². The third-order valence-electron chi connectivity index (χ3n) is 3.19. The average Bonchev–Trinajstić information content (AvgIpc) is 2.45. The molecule has 2 rings (SSSR count). The molecule has 0 saturated carbocycles. The molecule has 0 aliphatic carbocycles. The number of aromatic nitrogens is 1. The van der Waals surface area contributed by atoms with E-state index in [2.05, 4.69) is 53.4 Å². The van der Waals surface area contributed by atoms with Gasteiger partial charge in [-0.25, -0.2) is 0 Å². The standard InChI is InChI=1S/C17H22ClN3/c1-3-19-11-16-8-5-9-17(20-16)13-21(2)12-14-6-4-7-15(18)10-14/h4-10,19H,3,11-13H2,1-2H3. The van der Waals surface area contributed by atoms with E-state index in [4.69, 9.17) is 11.6 Å². The van der Waals surface area contributed by atoms with Crippen LogP contribution in [0.1, 0.15) is 23.9 Å². The highest BCUT2D eigenvalue weighted by molar-refractivity contribution is 6.30. The molecule has 0 aliphatic heterocycles. The summed E-state index contributed by atoms with van der Waals surface area (Å²) in [6.07, 6.45) is 0. The van der Waals surface area contributed by atoms with Gasteiger partial charge in [0.25, 0.3) is 0 Å². The van der Waals surface area contributed by atoms with Crippen LogP contribution in [0.4, 0.5) is 0 Å². The van der Waals surface area contributed by atoms with Crippen LogP contribution in [0.3, 0.4) is 0 Å². The molecule has 0 aliphatic rings. The Hall–Kier alpha value is -1.42. The zero-order valence-corrected chi connectivity index (χ0v) is 13.4. The Morgan fingerprint density at radius 3 is 2.62 bits per heavy atom. The van der Waals surface area contributed by atoms with Crippen molar-refractivity contribution in [3.63, 3.8) is 0 Å². The second-order valence-corrected chi connectivity index (χ2v) is 5.64. The van der Waals surface area contributed by atoms with Crippen LogP contribution in [0.15, 0.2) is 42.5 Å². The number of benzene rings is 1. The summed E-state index contributed by atoms with van der Waals surface area (Å²) >= 11 is 6.02. The maximum atomic E-state index is 6.02. The summed E-state index contributed by atoms with van der Waals surface area (Å²) in [6, 6.07) is 14.2. The first-order chi connectivity index (χ1) is 10.2. The smallest absolute Gasteiger partial charge is 0.0547 e. The molecule has 112 valence electrons. The summed E-state index contributed by atoms with van der Waals surface area (Å²) < 4.78 is 0. The average molecular weight is 304 g/mol. The molecule has 21 heavy (non-hydrogen) atoms. The molecule has 0 amide bonds. The molecule has 0 fully saturated rings. The van der Waals surface area contributed by atoms with Crippen LogP contribution in [0, 0.1) is 0 Å². The van der Waals surface area contributed by atoms with Crippen LogP contribution in [0.2, 0.25) is 5.02 Å². The number of nitrogens with one attached hydrogen (secondary N) is 1. The summed E-state index contributed by atoms with van der Waals surface area (Å²) in [5.41, 5.74) is 3.40. The van der Waals surface area contributed by atoms with Crippen LogP contribution in [-0.2, 0) is 19.6 Å². The highest BCUT2D eigenvalue weighted by Gasteiger charge is 2.04. The highest BCUT2D eigenvalue weighted by atomic mass is 35.5. The first kappa shape index (κ1) is 16.0. The first-order valence-electron chi connectivity index (χ1n) is 7.26. The molecule has 4 heteroatoms. The van der Waals surface area contributed by atoms with Gasteiger partial charge in [0, 0.05) is 24.7 Å². The molecule has 0 atom stereocenters. The molecule has 0 radical (unpaired) electrons. The second-order valence-electron chi connectivity index (χ2n) is 5.20. The summed E-state index contributed by atoms with van der Waals surface area (Å²) in [5, 5.41) is 4.08. The monoisotopic (exact) mass is 303 g/mol. The number of rotatable bonds is 7. The lowest BCUT2D eigenvalue weighted by Gasteiger charge is -2.17. The molecule has 0 bridgehead atoms. The molecular weight excluding hydrogens is 282 g/mol. The van der Waals surface area contributed by atoms with Crippen molar-refractivity contribution in [3.05, 3.63) is 64.4 Å². The van der Waals surface area contributed by atoms with Crippen molar-refractivity contribution < 1.29 is 0 Å². The van der Waals surface area contributed by atoms with Crippen LogP contribution >= 0.6 is 11.6 Å². The van der Waals surface area contributed by atoms with Gasteiger partial charge >= 0.3 is 0 Å². The van der Waals surface area contributed by atoms with Crippen molar-refractivity contribution in [2.45, 2.75) is 26.6 Å². The lowest BCUT2D eigenvalue weighted by molar-refractivity contribution is 0.315. The largest absolute Gasteiger partial charge is 0.311 e. The minimum Gasteiger partial charge on any atom is -0.311 e. The lowest BCUT2D eigenvalue weighted by atomic mass is 10.2. The van der Waals surface area contributed by atoms with Gasteiger partial charge in [-0.3, -0.25) is 9.88 Å². The van der Waals surface area contributed by atoms with E-state index in [9.17, 15) is 0 Å². The predicted molar refractivity (Wildman–Crippen MR) is 88.2 cm³/mol. The van der Waals surface area contributed by atoms with Crippen LogP contribution in [0.25, 0.3) is 0 Å². The van der Waals surface area contributed by atoms with E-state index in [0.717, 1.165) is 42.6 Å². The van der Waals surface area contributed by atoms with Crippen molar-refractivity contribution in [2.75, 3.05) is 13.6 Å². The fourth-order valence-electron chi connectivity index (χ4n) is 2.25. The molecule has 1 aromatic heterocycles. The molecule has 1 heterocycles. The highest BCUT2D eigenvalue weighted by Crippen LogP contribution is 2.13. The Bertz CT molecular complexity index is 571.